The summed E-state index contributed by atoms with van der Waals surface area (Å²) < 4.78 is 16.1. The Morgan fingerprint density at radius 2 is 2.14 bits per heavy atom. The van der Waals surface area contributed by atoms with E-state index >= 15 is 0 Å². The number of carbonyl (C=O) groups is 1. The second-order valence-electron chi connectivity index (χ2n) is 5.32. The van der Waals surface area contributed by atoms with Gasteiger partial charge in [0.2, 0.25) is 0 Å². The number of benzene rings is 1. The molecule has 5 nitrogen and oxygen atoms in total. The third kappa shape index (κ3) is 5.73. The first-order valence-corrected chi connectivity index (χ1v) is 7.32. The van der Waals surface area contributed by atoms with Crippen molar-refractivity contribution >= 4 is 5.97 Å². The maximum Gasteiger partial charge on any atom is 0.344 e. The number of esters is 1. The highest BCUT2D eigenvalue weighted by Gasteiger charge is 2.16. The van der Waals surface area contributed by atoms with Crippen LogP contribution in [0.4, 0.5) is 0 Å². The first-order chi connectivity index (χ1) is 10.1. The van der Waals surface area contributed by atoms with E-state index in [0.29, 0.717) is 5.75 Å². The van der Waals surface area contributed by atoms with Crippen LogP contribution in [0.3, 0.4) is 0 Å². The topological polar surface area (TPSA) is 48.0 Å². The fraction of sp³-hybridized carbons (Fsp3) is 0.562. The molecule has 0 bridgehead atoms. The molecule has 1 aromatic rings. The average Bonchev–Trinajstić information content (AvgIpc) is 2.46. The zero-order chi connectivity index (χ0) is 15.1. The minimum absolute atomic E-state index is 0.0586. The van der Waals surface area contributed by atoms with Gasteiger partial charge in [-0.15, -0.1) is 0 Å². The van der Waals surface area contributed by atoms with Gasteiger partial charge in [-0.05, 0) is 31.5 Å². The van der Waals surface area contributed by atoms with Crippen molar-refractivity contribution < 1.29 is 19.0 Å². The van der Waals surface area contributed by atoms with Gasteiger partial charge in [0.1, 0.15) is 11.9 Å². The number of hydrogen-bond acceptors (Lipinski definition) is 5. The first-order valence-electron chi connectivity index (χ1n) is 7.32. The van der Waals surface area contributed by atoms with E-state index in [0.717, 1.165) is 38.4 Å². The summed E-state index contributed by atoms with van der Waals surface area (Å²) in [5.41, 5.74) is 1.10. The molecule has 0 radical (unpaired) electrons. The molecule has 1 aliphatic heterocycles. The van der Waals surface area contributed by atoms with E-state index in [1.54, 1.807) is 0 Å². The molecule has 1 atom stereocenters. The summed E-state index contributed by atoms with van der Waals surface area (Å²) >= 11 is 0. The molecule has 1 aliphatic rings. The number of morpholine rings is 1. The van der Waals surface area contributed by atoms with Crippen molar-refractivity contribution in [1.29, 1.82) is 0 Å². The van der Waals surface area contributed by atoms with E-state index in [2.05, 4.69) is 4.90 Å². The molecule has 0 aliphatic carbocycles. The van der Waals surface area contributed by atoms with Gasteiger partial charge in [0.05, 0.1) is 13.2 Å². The quantitative estimate of drug-likeness (QED) is 0.746. The number of nitrogens with zero attached hydrogens (tertiary/aromatic N) is 1. The Hall–Kier alpha value is -1.59. The zero-order valence-corrected chi connectivity index (χ0v) is 12.7. The molecular formula is C16H23NO4. The molecule has 0 aromatic heterocycles. The van der Waals surface area contributed by atoms with Crippen molar-refractivity contribution in [1.82, 2.24) is 4.90 Å². The molecule has 1 fully saturated rings. The van der Waals surface area contributed by atoms with Gasteiger partial charge < -0.3 is 14.2 Å². The lowest BCUT2D eigenvalue weighted by molar-refractivity contribution is -0.151. The second-order valence-corrected chi connectivity index (χ2v) is 5.32. The Morgan fingerprint density at radius 1 is 1.38 bits per heavy atom. The number of rotatable bonds is 6. The summed E-state index contributed by atoms with van der Waals surface area (Å²) in [4.78, 5) is 14.0. The standard InChI is InChI=1S/C16H23NO4/c1-13-4-3-5-15(10-13)20-12-16(18)21-14(2)11-17-6-8-19-9-7-17/h3-5,10,14H,6-9,11-12H2,1-2H3. The predicted molar refractivity (Wildman–Crippen MR) is 79.5 cm³/mol. The monoisotopic (exact) mass is 293 g/mol. The number of aryl methyl sites for hydroxylation is 1. The van der Waals surface area contributed by atoms with Gasteiger partial charge >= 0.3 is 5.97 Å². The molecule has 0 saturated carbocycles. The van der Waals surface area contributed by atoms with Gasteiger partial charge in [-0.25, -0.2) is 4.79 Å². The van der Waals surface area contributed by atoms with Crippen LogP contribution in [0.15, 0.2) is 24.3 Å². The highest BCUT2D eigenvalue weighted by Crippen LogP contribution is 2.12. The van der Waals surface area contributed by atoms with Crippen molar-refractivity contribution in [2.24, 2.45) is 0 Å². The molecule has 116 valence electrons. The molecule has 1 heterocycles. The molecule has 2 rings (SSSR count). The van der Waals surface area contributed by atoms with E-state index in [1.807, 2.05) is 38.1 Å². The van der Waals surface area contributed by atoms with E-state index < -0.39 is 0 Å². The van der Waals surface area contributed by atoms with Crippen LogP contribution < -0.4 is 4.74 Å². The molecule has 1 saturated heterocycles. The molecular weight excluding hydrogens is 270 g/mol. The Morgan fingerprint density at radius 3 is 2.86 bits per heavy atom. The zero-order valence-electron chi connectivity index (χ0n) is 12.7. The van der Waals surface area contributed by atoms with Crippen molar-refractivity contribution in [3.63, 3.8) is 0 Å². The highest BCUT2D eigenvalue weighted by atomic mass is 16.6. The molecule has 0 N–H and O–H groups in total. The average molecular weight is 293 g/mol. The minimum atomic E-state index is -0.336. The van der Waals surface area contributed by atoms with Crippen LogP contribution in [0, 0.1) is 6.92 Å². The SMILES string of the molecule is Cc1cccc(OCC(=O)OC(C)CN2CCOCC2)c1. The van der Waals surface area contributed by atoms with E-state index in [-0.39, 0.29) is 18.7 Å². The molecule has 21 heavy (non-hydrogen) atoms. The second kappa shape index (κ2) is 8.00. The van der Waals surface area contributed by atoms with Crippen LogP contribution in [0.5, 0.6) is 5.75 Å². The van der Waals surface area contributed by atoms with Crippen molar-refractivity contribution in [3.8, 4) is 5.75 Å². The fourth-order valence-electron chi connectivity index (χ4n) is 2.29. The highest BCUT2D eigenvalue weighted by molar-refractivity contribution is 5.71. The lowest BCUT2D eigenvalue weighted by atomic mass is 10.2. The molecule has 1 unspecified atom stereocenters. The molecule has 0 spiro atoms. The van der Waals surface area contributed by atoms with Gasteiger partial charge in [-0.1, -0.05) is 12.1 Å². The maximum absolute atomic E-state index is 11.8. The summed E-state index contributed by atoms with van der Waals surface area (Å²) in [6.45, 7) is 7.84. The Kier molecular flexibility index (Phi) is 6.02. The summed E-state index contributed by atoms with van der Waals surface area (Å²) in [7, 11) is 0. The van der Waals surface area contributed by atoms with Crippen molar-refractivity contribution in [3.05, 3.63) is 29.8 Å². The van der Waals surface area contributed by atoms with Crippen LogP contribution in [0.25, 0.3) is 0 Å². The number of ether oxygens (including phenoxy) is 3. The van der Waals surface area contributed by atoms with Crippen LogP contribution in [0.1, 0.15) is 12.5 Å². The summed E-state index contributed by atoms with van der Waals surface area (Å²) in [6.07, 6.45) is -0.142. The smallest absolute Gasteiger partial charge is 0.344 e. The summed E-state index contributed by atoms with van der Waals surface area (Å²) in [5.74, 6) is 0.352. The first kappa shape index (κ1) is 15.8. The van der Waals surface area contributed by atoms with Crippen LogP contribution in [-0.2, 0) is 14.3 Å². The van der Waals surface area contributed by atoms with Gasteiger partial charge in [-0.3, -0.25) is 4.90 Å². The fourth-order valence-corrected chi connectivity index (χ4v) is 2.29. The lowest BCUT2D eigenvalue weighted by Crippen LogP contribution is -2.41. The number of carbonyl (C=O) groups excluding carboxylic acids is 1. The van der Waals surface area contributed by atoms with Crippen molar-refractivity contribution in [2.45, 2.75) is 20.0 Å². The van der Waals surface area contributed by atoms with Crippen LogP contribution in [0.2, 0.25) is 0 Å². The van der Waals surface area contributed by atoms with Gasteiger partial charge in [0.15, 0.2) is 6.61 Å². The van der Waals surface area contributed by atoms with Crippen LogP contribution in [-0.4, -0.2) is 56.4 Å². The van der Waals surface area contributed by atoms with E-state index in [9.17, 15) is 4.79 Å². The largest absolute Gasteiger partial charge is 0.482 e. The summed E-state index contributed by atoms with van der Waals surface area (Å²) in [6, 6.07) is 7.61. The minimum Gasteiger partial charge on any atom is -0.482 e. The summed E-state index contributed by atoms with van der Waals surface area (Å²) in [5, 5.41) is 0. The Bertz CT molecular complexity index is 457. The van der Waals surface area contributed by atoms with Gasteiger partial charge in [0, 0.05) is 19.6 Å². The molecule has 5 heteroatoms. The van der Waals surface area contributed by atoms with E-state index in [4.69, 9.17) is 14.2 Å². The van der Waals surface area contributed by atoms with Gasteiger partial charge in [-0.2, -0.15) is 0 Å². The van der Waals surface area contributed by atoms with Gasteiger partial charge in [0.25, 0.3) is 0 Å². The third-order valence-corrected chi connectivity index (χ3v) is 3.30. The lowest BCUT2D eigenvalue weighted by Gasteiger charge is -2.28. The Balaban J connectivity index is 1.68. The number of hydrogen-bond donors (Lipinski definition) is 0. The third-order valence-electron chi connectivity index (χ3n) is 3.30. The van der Waals surface area contributed by atoms with Crippen molar-refractivity contribution in [2.75, 3.05) is 39.5 Å². The normalized spacial score (nSPS) is 17.2. The molecule has 0 amide bonds. The predicted octanol–water partition coefficient (Wildman–Crippen LogP) is 1.64. The molecule has 1 aromatic carbocycles. The Labute approximate surface area is 125 Å². The van der Waals surface area contributed by atoms with Crippen LogP contribution >= 0.6 is 0 Å². The maximum atomic E-state index is 11.8. The van der Waals surface area contributed by atoms with E-state index in [1.165, 1.54) is 0 Å².